The molecule has 0 aliphatic heterocycles. The van der Waals surface area contributed by atoms with Gasteiger partial charge in [0.05, 0.1) is 11.6 Å². The van der Waals surface area contributed by atoms with Crippen molar-refractivity contribution < 1.29 is 0 Å². The van der Waals surface area contributed by atoms with Gasteiger partial charge in [0.2, 0.25) is 0 Å². The molecule has 12 heavy (non-hydrogen) atoms. The van der Waals surface area contributed by atoms with Gasteiger partial charge in [-0.1, -0.05) is 0 Å². The zero-order chi connectivity index (χ0) is 8.97. The summed E-state index contributed by atoms with van der Waals surface area (Å²) in [5.41, 5.74) is 1.63. The van der Waals surface area contributed by atoms with Gasteiger partial charge in [-0.2, -0.15) is 5.26 Å². The first kappa shape index (κ1) is 9.62. The first-order valence-electron chi connectivity index (χ1n) is 3.27. The second-order valence-corrected chi connectivity index (χ2v) is 5.19. The molecule has 60 valence electrons. The summed E-state index contributed by atoms with van der Waals surface area (Å²) >= 11 is 6.57. The second kappa shape index (κ2) is 4.53. The molecule has 1 aromatic carbocycles. The standard InChI is InChI=1S/C7H5BBr2N2/c9-8(10)12-7-3-1-6(5-11)2-4-7/h1-4,12H. The van der Waals surface area contributed by atoms with Crippen molar-refractivity contribution in [1.82, 2.24) is 0 Å². The summed E-state index contributed by atoms with van der Waals surface area (Å²) in [6.07, 6.45) is 0. The van der Waals surface area contributed by atoms with Gasteiger partial charge in [0.15, 0.2) is 0 Å². The molecule has 5 heteroatoms. The monoisotopic (exact) mass is 286 g/mol. The molecule has 1 aromatic rings. The number of hydrogen-bond acceptors (Lipinski definition) is 2. The molecular formula is C7H5BBr2N2. The van der Waals surface area contributed by atoms with Crippen LogP contribution in [0.3, 0.4) is 0 Å². The molecule has 0 heterocycles. The molecule has 0 spiro atoms. The number of nitriles is 1. The molecule has 0 aliphatic carbocycles. The van der Waals surface area contributed by atoms with E-state index in [9.17, 15) is 0 Å². The van der Waals surface area contributed by atoms with Crippen molar-refractivity contribution in [3.05, 3.63) is 29.8 Å². The lowest BCUT2D eigenvalue weighted by molar-refractivity contribution is 1.48. The predicted molar refractivity (Wildman–Crippen MR) is 58.4 cm³/mol. The van der Waals surface area contributed by atoms with Crippen molar-refractivity contribution in [3.63, 3.8) is 0 Å². The van der Waals surface area contributed by atoms with E-state index < -0.39 is 0 Å². The average Bonchev–Trinajstić information content (AvgIpc) is 2.05. The summed E-state index contributed by atoms with van der Waals surface area (Å²) in [5.74, 6) is 0. The molecule has 0 bridgehead atoms. The van der Waals surface area contributed by atoms with Crippen molar-refractivity contribution in [2.45, 2.75) is 0 Å². The minimum absolute atomic E-state index is 0.0536. The fourth-order valence-corrected chi connectivity index (χ4v) is 1.30. The minimum atomic E-state index is 0.0536. The Balaban J connectivity index is 2.73. The maximum atomic E-state index is 8.52. The van der Waals surface area contributed by atoms with E-state index in [1.807, 2.05) is 12.1 Å². The van der Waals surface area contributed by atoms with Crippen LogP contribution in [0.2, 0.25) is 0 Å². The lowest BCUT2D eigenvalue weighted by Crippen LogP contribution is -2.07. The van der Waals surface area contributed by atoms with Crippen LogP contribution >= 0.6 is 31.5 Å². The van der Waals surface area contributed by atoms with Crippen LogP contribution in [0.25, 0.3) is 0 Å². The van der Waals surface area contributed by atoms with E-state index in [4.69, 9.17) is 5.26 Å². The van der Waals surface area contributed by atoms with Crippen molar-refractivity contribution >= 4 is 41.7 Å². The van der Waals surface area contributed by atoms with Crippen LogP contribution in [-0.4, -0.2) is 4.50 Å². The predicted octanol–water partition coefficient (Wildman–Crippen LogP) is 2.74. The first-order chi connectivity index (χ1) is 5.72. The van der Waals surface area contributed by atoms with Crippen LogP contribution in [0, 0.1) is 11.3 Å². The van der Waals surface area contributed by atoms with E-state index in [1.54, 1.807) is 12.1 Å². The zero-order valence-electron chi connectivity index (χ0n) is 6.09. The summed E-state index contributed by atoms with van der Waals surface area (Å²) in [4.78, 5) is 0. The molecule has 0 aromatic heterocycles. The highest BCUT2D eigenvalue weighted by Gasteiger charge is 2.02. The van der Waals surface area contributed by atoms with Crippen LogP contribution in [-0.2, 0) is 0 Å². The number of hydrogen-bond donors (Lipinski definition) is 1. The number of nitrogens with zero attached hydrogens (tertiary/aromatic N) is 1. The van der Waals surface area contributed by atoms with Crippen molar-refractivity contribution in [3.8, 4) is 6.07 Å². The zero-order valence-corrected chi connectivity index (χ0v) is 9.26. The number of anilines is 1. The maximum absolute atomic E-state index is 8.52. The number of benzene rings is 1. The smallest absolute Gasteiger partial charge is 0.408 e. The van der Waals surface area contributed by atoms with Crippen molar-refractivity contribution in [2.75, 3.05) is 5.23 Å². The third-order valence-electron chi connectivity index (χ3n) is 1.29. The molecule has 0 unspecified atom stereocenters. The van der Waals surface area contributed by atoms with Crippen LogP contribution in [0.5, 0.6) is 0 Å². The van der Waals surface area contributed by atoms with E-state index in [-0.39, 0.29) is 4.50 Å². The van der Waals surface area contributed by atoms with Gasteiger partial charge in [0.25, 0.3) is 0 Å². The Kier molecular flexibility index (Phi) is 3.64. The highest BCUT2D eigenvalue weighted by molar-refractivity contribution is 9.49. The van der Waals surface area contributed by atoms with Gasteiger partial charge in [0.1, 0.15) is 0 Å². The molecule has 0 amide bonds. The Morgan fingerprint density at radius 1 is 1.25 bits per heavy atom. The van der Waals surface area contributed by atoms with E-state index >= 15 is 0 Å². The Hall–Kier alpha value is -0.465. The SMILES string of the molecule is N#Cc1ccc(NB(Br)Br)cc1. The summed E-state index contributed by atoms with van der Waals surface area (Å²) in [6, 6.07) is 9.30. The lowest BCUT2D eigenvalue weighted by Gasteiger charge is -2.03. The van der Waals surface area contributed by atoms with Crippen LogP contribution in [0.4, 0.5) is 5.69 Å². The van der Waals surface area contributed by atoms with Gasteiger partial charge in [-0.25, -0.2) is 0 Å². The third-order valence-corrected chi connectivity index (χ3v) is 1.75. The topological polar surface area (TPSA) is 35.8 Å². The lowest BCUT2D eigenvalue weighted by atomic mass is 10.2. The van der Waals surface area contributed by atoms with Crippen LogP contribution in [0.15, 0.2) is 24.3 Å². The molecule has 2 nitrogen and oxygen atoms in total. The Morgan fingerprint density at radius 3 is 2.25 bits per heavy atom. The van der Waals surface area contributed by atoms with Gasteiger partial charge in [-0.3, -0.25) is 0 Å². The van der Waals surface area contributed by atoms with E-state index in [0.717, 1.165) is 5.69 Å². The Morgan fingerprint density at radius 2 is 1.83 bits per heavy atom. The third kappa shape index (κ3) is 2.88. The van der Waals surface area contributed by atoms with Crippen LogP contribution in [0.1, 0.15) is 5.56 Å². The maximum Gasteiger partial charge on any atom is 0.408 e. The fraction of sp³-hybridized carbons (Fsp3) is 0. The fourth-order valence-electron chi connectivity index (χ4n) is 0.767. The second-order valence-electron chi connectivity index (χ2n) is 2.13. The normalized spacial score (nSPS) is 8.75. The summed E-state index contributed by atoms with van der Waals surface area (Å²) in [7, 11) is 0. The van der Waals surface area contributed by atoms with Gasteiger partial charge in [0, 0.05) is 5.69 Å². The Labute approximate surface area is 88.0 Å². The first-order valence-corrected chi connectivity index (χ1v) is 5.10. The number of nitrogens with one attached hydrogen (secondary N) is 1. The number of halogens is 2. The summed E-state index contributed by atoms with van der Waals surface area (Å²) in [6.45, 7) is 0. The van der Waals surface area contributed by atoms with Gasteiger partial charge >= 0.3 is 4.50 Å². The molecule has 0 fully saturated rings. The molecule has 1 N–H and O–H groups in total. The molecule has 0 aliphatic rings. The summed E-state index contributed by atoms with van der Waals surface area (Å²) < 4.78 is 0.0536. The Bertz CT molecular complexity index is 291. The quantitative estimate of drug-likeness (QED) is 0.849. The molecule has 0 radical (unpaired) electrons. The highest BCUT2D eigenvalue weighted by Crippen LogP contribution is 2.12. The minimum Gasteiger partial charge on any atom is -0.409 e. The van der Waals surface area contributed by atoms with E-state index in [0.29, 0.717) is 5.56 Å². The highest BCUT2D eigenvalue weighted by atomic mass is 79.9. The van der Waals surface area contributed by atoms with E-state index in [1.165, 1.54) is 0 Å². The van der Waals surface area contributed by atoms with Gasteiger partial charge in [-0.05, 0) is 24.3 Å². The average molecular weight is 288 g/mol. The molecular weight excluding hydrogens is 283 g/mol. The molecule has 0 saturated heterocycles. The number of rotatable bonds is 2. The molecule has 0 atom stereocenters. The molecule has 1 rings (SSSR count). The largest absolute Gasteiger partial charge is 0.409 e. The van der Waals surface area contributed by atoms with Gasteiger partial charge in [-0.15, -0.1) is 31.5 Å². The van der Waals surface area contributed by atoms with Crippen molar-refractivity contribution in [2.24, 2.45) is 0 Å². The summed E-state index contributed by atoms with van der Waals surface area (Å²) in [5, 5.41) is 11.6. The van der Waals surface area contributed by atoms with Crippen LogP contribution < -0.4 is 5.23 Å². The van der Waals surface area contributed by atoms with Crippen molar-refractivity contribution in [1.29, 1.82) is 5.26 Å². The molecule has 0 saturated carbocycles. The van der Waals surface area contributed by atoms with Gasteiger partial charge < -0.3 is 5.23 Å². The van der Waals surface area contributed by atoms with E-state index in [2.05, 4.69) is 42.8 Å².